The molecule has 1 aromatic carbocycles. The Morgan fingerprint density at radius 1 is 1.20 bits per heavy atom. The van der Waals surface area contributed by atoms with E-state index in [9.17, 15) is 18.0 Å². The average Bonchev–Trinajstić information content (AvgIpc) is 3.11. The van der Waals surface area contributed by atoms with E-state index in [1.807, 2.05) is 0 Å². The molecule has 0 saturated carbocycles. The van der Waals surface area contributed by atoms with Crippen molar-refractivity contribution in [2.45, 2.75) is 0 Å². The number of hydrogen-bond acceptors (Lipinski definition) is 6. The Balaban J connectivity index is 2.06. The van der Waals surface area contributed by atoms with Crippen molar-refractivity contribution >= 4 is 27.6 Å². The number of sulfonamides is 1. The first-order valence-corrected chi connectivity index (χ1v) is 9.15. The molecule has 0 aliphatic heterocycles. The summed E-state index contributed by atoms with van der Waals surface area (Å²) in [5, 5.41) is 2.58. The number of esters is 1. The van der Waals surface area contributed by atoms with Gasteiger partial charge in [-0.1, -0.05) is 0 Å². The van der Waals surface area contributed by atoms with Gasteiger partial charge in [-0.2, -0.15) is 0 Å². The summed E-state index contributed by atoms with van der Waals surface area (Å²) >= 11 is 0. The Kier molecular flexibility index (Phi) is 5.81. The number of ether oxygens (including phenoxy) is 1. The van der Waals surface area contributed by atoms with Crippen LogP contribution in [0.25, 0.3) is 0 Å². The average molecular weight is 366 g/mol. The van der Waals surface area contributed by atoms with Gasteiger partial charge in [0.05, 0.1) is 37.4 Å². The van der Waals surface area contributed by atoms with E-state index in [4.69, 9.17) is 4.42 Å². The number of rotatable bonds is 7. The Hall–Kier alpha value is -2.81. The number of carbonyl (C=O) groups excluding carboxylic acids is 2. The number of methoxy groups -OCH3 is 1. The van der Waals surface area contributed by atoms with Crippen molar-refractivity contribution in [3.05, 3.63) is 54.0 Å². The number of hydrogen-bond donors (Lipinski definition) is 1. The van der Waals surface area contributed by atoms with Gasteiger partial charge in [0.2, 0.25) is 10.0 Å². The maximum absolute atomic E-state index is 12.0. The summed E-state index contributed by atoms with van der Waals surface area (Å²) in [6.07, 6.45) is 2.44. The normalized spacial score (nSPS) is 11.0. The quantitative estimate of drug-likeness (QED) is 0.740. The van der Waals surface area contributed by atoms with E-state index in [0.29, 0.717) is 11.3 Å². The summed E-state index contributed by atoms with van der Waals surface area (Å²) in [5.74, 6) is -0.795. The third-order valence-corrected chi connectivity index (χ3v) is 4.52. The zero-order valence-electron chi connectivity index (χ0n) is 13.8. The fraction of sp³-hybridized carbons (Fsp3) is 0.250. The van der Waals surface area contributed by atoms with Gasteiger partial charge in [0, 0.05) is 6.54 Å². The van der Waals surface area contributed by atoms with Gasteiger partial charge >= 0.3 is 5.97 Å². The molecule has 25 heavy (non-hydrogen) atoms. The molecule has 0 radical (unpaired) electrons. The van der Waals surface area contributed by atoms with Crippen molar-refractivity contribution < 1.29 is 27.2 Å². The number of amides is 1. The lowest BCUT2D eigenvalue weighted by molar-refractivity contribution is 0.0600. The Morgan fingerprint density at radius 3 is 2.40 bits per heavy atom. The molecule has 2 aromatic rings. The van der Waals surface area contributed by atoms with Gasteiger partial charge in [0.15, 0.2) is 5.76 Å². The van der Waals surface area contributed by atoms with E-state index in [1.54, 1.807) is 6.07 Å². The van der Waals surface area contributed by atoms with Gasteiger partial charge < -0.3 is 14.5 Å². The van der Waals surface area contributed by atoms with Crippen LogP contribution in [-0.4, -0.2) is 46.7 Å². The molecule has 1 N–H and O–H groups in total. The third-order valence-electron chi connectivity index (χ3n) is 3.32. The lowest BCUT2D eigenvalue weighted by Crippen LogP contribution is -2.38. The van der Waals surface area contributed by atoms with E-state index >= 15 is 0 Å². The first-order chi connectivity index (χ1) is 11.8. The van der Waals surface area contributed by atoms with E-state index in [-0.39, 0.29) is 18.8 Å². The maximum Gasteiger partial charge on any atom is 0.337 e. The molecule has 0 unspecified atom stereocenters. The molecule has 0 saturated heterocycles. The van der Waals surface area contributed by atoms with Crippen molar-refractivity contribution in [3.8, 4) is 0 Å². The summed E-state index contributed by atoms with van der Waals surface area (Å²) in [5.41, 5.74) is 0.688. The Morgan fingerprint density at radius 2 is 1.88 bits per heavy atom. The van der Waals surface area contributed by atoms with Crippen molar-refractivity contribution in [1.82, 2.24) is 5.32 Å². The smallest absolute Gasteiger partial charge is 0.337 e. The largest absolute Gasteiger partial charge is 0.465 e. The number of nitrogens with zero attached hydrogens (tertiary/aromatic N) is 1. The van der Waals surface area contributed by atoms with Crippen LogP contribution in [-0.2, 0) is 14.8 Å². The van der Waals surface area contributed by atoms with Crippen molar-refractivity contribution in [2.24, 2.45) is 0 Å². The zero-order chi connectivity index (χ0) is 18.4. The fourth-order valence-electron chi connectivity index (χ4n) is 2.13. The first-order valence-electron chi connectivity index (χ1n) is 7.30. The van der Waals surface area contributed by atoms with Gasteiger partial charge in [0.1, 0.15) is 0 Å². The van der Waals surface area contributed by atoms with Crippen LogP contribution in [0.3, 0.4) is 0 Å². The highest BCUT2D eigenvalue weighted by molar-refractivity contribution is 7.92. The van der Waals surface area contributed by atoms with Crippen molar-refractivity contribution in [3.63, 3.8) is 0 Å². The van der Waals surface area contributed by atoms with Crippen LogP contribution in [0.1, 0.15) is 20.9 Å². The van der Waals surface area contributed by atoms with Gasteiger partial charge in [-0.05, 0) is 36.4 Å². The molecule has 8 nitrogen and oxygen atoms in total. The molecule has 0 spiro atoms. The number of carbonyl (C=O) groups is 2. The van der Waals surface area contributed by atoms with Crippen LogP contribution >= 0.6 is 0 Å². The standard InChI is InChI=1S/C16H18N2O6S/c1-23-16(20)12-5-7-13(8-6-12)18(25(2,21)22)10-9-17-15(19)14-4-3-11-24-14/h3-8,11H,9-10H2,1-2H3,(H,17,19). The summed E-state index contributed by atoms with van der Waals surface area (Å²) < 4.78 is 34.7. The second kappa shape index (κ2) is 7.84. The minimum atomic E-state index is -3.57. The molecule has 0 aliphatic carbocycles. The van der Waals surface area contributed by atoms with E-state index in [2.05, 4.69) is 10.1 Å². The molecule has 1 aromatic heterocycles. The Bertz CT molecular complexity index is 828. The van der Waals surface area contributed by atoms with Gasteiger partial charge in [-0.25, -0.2) is 13.2 Å². The predicted molar refractivity (Wildman–Crippen MR) is 91.0 cm³/mol. The lowest BCUT2D eigenvalue weighted by Gasteiger charge is -2.22. The summed E-state index contributed by atoms with van der Waals surface area (Å²) in [6.45, 7) is 0.119. The predicted octanol–water partition coefficient (Wildman–Crippen LogP) is 1.26. The van der Waals surface area contributed by atoms with Crippen molar-refractivity contribution in [1.29, 1.82) is 0 Å². The summed E-state index contributed by atoms with van der Waals surface area (Å²) in [6, 6.07) is 9.04. The lowest BCUT2D eigenvalue weighted by atomic mass is 10.2. The summed E-state index contributed by atoms with van der Waals surface area (Å²) in [7, 11) is -2.30. The number of nitrogens with one attached hydrogen (secondary N) is 1. The molecule has 9 heteroatoms. The van der Waals surface area contributed by atoms with Crippen LogP contribution in [0, 0.1) is 0 Å². The zero-order valence-corrected chi connectivity index (χ0v) is 14.6. The molecule has 1 heterocycles. The fourth-order valence-corrected chi connectivity index (χ4v) is 3.06. The van der Waals surface area contributed by atoms with E-state index < -0.39 is 21.9 Å². The van der Waals surface area contributed by atoms with Crippen LogP contribution in [0.15, 0.2) is 47.1 Å². The van der Waals surface area contributed by atoms with Gasteiger partial charge in [-0.15, -0.1) is 0 Å². The second-order valence-corrected chi connectivity index (χ2v) is 7.01. The minimum Gasteiger partial charge on any atom is -0.465 e. The van der Waals surface area contributed by atoms with Crippen LogP contribution in [0.5, 0.6) is 0 Å². The molecule has 0 atom stereocenters. The van der Waals surface area contributed by atoms with E-state index in [1.165, 1.54) is 43.7 Å². The third kappa shape index (κ3) is 4.83. The number of benzene rings is 1. The maximum atomic E-state index is 12.0. The Labute approximate surface area is 145 Å². The number of anilines is 1. The van der Waals surface area contributed by atoms with Crippen LogP contribution in [0.4, 0.5) is 5.69 Å². The minimum absolute atomic E-state index is 0.0306. The molecule has 1 amide bonds. The molecule has 0 aliphatic rings. The monoisotopic (exact) mass is 366 g/mol. The highest BCUT2D eigenvalue weighted by atomic mass is 32.2. The topological polar surface area (TPSA) is 106 Å². The molecule has 0 bridgehead atoms. The number of furan rings is 1. The highest BCUT2D eigenvalue weighted by Crippen LogP contribution is 2.18. The molecule has 0 fully saturated rings. The van der Waals surface area contributed by atoms with Crippen LogP contribution < -0.4 is 9.62 Å². The van der Waals surface area contributed by atoms with Gasteiger partial charge in [-0.3, -0.25) is 9.10 Å². The van der Waals surface area contributed by atoms with Gasteiger partial charge in [0.25, 0.3) is 5.91 Å². The molecular formula is C16H18N2O6S. The summed E-state index contributed by atoms with van der Waals surface area (Å²) in [4.78, 5) is 23.2. The van der Waals surface area contributed by atoms with Crippen LogP contribution in [0.2, 0.25) is 0 Å². The molecule has 134 valence electrons. The van der Waals surface area contributed by atoms with Crippen molar-refractivity contribution in [2.75, 3.05) is 30.8 Å². The van der Waals surface area contributed by atoms with E-state index in [0.717, 1.165) is 10.6 Å². The highest BCUT2D eigenvalue weighted by Gasteiger charge is 2.18. The SMILES string of the molecule is COC(=O)c1ccc(N(CCNC(=O)c2ccco2)S(C)(=O)=O)cc1. The molecule has 2 rings (SSSR count). The first kappa shape index (κ1) is 18.5. The second-order valence-electron chi connectivity index (χ2n) is 5.11. The molecular weight excluding hydrogens is 348 g/mol.